The van der Waals surface area contributed by atoms with Gasteiger partial charge in [-0.2, -0.15) is 0 Å². The molecule has 7 heteroatoms. The minimum Gasteiger partial charge on any atom is -0.329 e. The van der Waals surface area contributed by atoms with E-state index in [0.717, 1.165) is 0 Å². The van der Waals surface area contributed by atoms with E-state index < -0.39 is 7.82 Å². The summed E-state index contributed by atoms with van der Waals surface area (Å²) in [5.41, 5.74) is 5.07. The maximum atomic E-state index is 10.00. The Hall–Kier alpha value is 0.0300. The Morgan fingerprint density at radius 1 is 1.60 bits per heavy atom. The molecule has 0 unspecified atom stereocenters. The van der Waals surface area contributed by atoms with E-state index in [1.54, 1.807) is 0 Å². The first-order valence-corrected chi connectivity index (χ1v) is 4.20. The summed E-state index contributed by atoms with van der Waals surface area (Å²) >= 11 is 0. The number of hydrogen-bond donors (Lipinski definition) is 4. The van der Waals surface area contributed by atoms with Gasteiger partial charge in [-0.15, -0.1) is 0 Å². The molecule has 0 aliphatic rings. The SMILES string of the molecule is NCCNCOP(=O)(O)O. The van der Waals surface area contributed by atoms with Crippen molar-refractivity contribution in [3.8, 4) is 0 Å². The number of nitrogens with two attached hydrogens (primary N) is 1. The molecule has 0 rings (SSSR count). The van der Waals surface area contributed by atoms with E-state index >= 15 is 0 Å². The summed E-state index contributed by atoms with van der Waals surface area (Å²) in [4.78, 5) is 16.3. The fourth-order valence-corrected chi connectivity index (χ4v) is 0.563. The van der Waals surface area contributed by atoms with Crippen molar-refractivity contribution >= 4 is 7.82 Å². The fourth-order valence-electron chi connectivity index (χ4n) is 0.304. The molecular weight excluding hydrogens is 159 g/mol. The molecule has 0 aromatic heterocycles. The average molecular weight is 170 g/mol. The minimum atomic E-state index is -4.31. The molecule has 5 N–H and O–H groups in total. The highest BCUT2D eigenvalue weighted by Gasteiger charge is 2.11. The van der Waals surface area contributed by atoms with Gasteiger partial charge in [0, 0.05) is 13.1 Å². The molecule has 0 amide bonds. The second-order valence-electron chi connectivity index (χ2n) is 1.55. The maximum Gasteiger partial charge on any atom is 0.470 e. The van der Waals surface area contributed by atoms with Crippen molar-refractivity contribution in [2.24, 2.45) is 5.73 Å². The lowest BCUT2D eigenvalue weighted by Crippen LogP contribution is -2.24. The standard InChI is InChI=1S/C3H11N2O4P/c4-1-2-5-3-9-10(6,7)8/h5H,1-4H2,(H2,6,7,8). The highest BCUT2D eigenvalue weighted by molar-refractivity contribution is 7.46. The largest absolute Gasteiger partial charge is 0.470 e. The predicted molar refractivity (Wildman–Crippen MR) is 35.1 cm³/mol. The summed E-state index contributed by atoms with van der Waals surface area (Å²) < 4.78 is 14.0. The lowest BCUT2D eigenvalue weighted by atomic mass is 10.7. The Labute approximate surface area is 58.6 Å². The molecule has 0 aromatic rings. The van der Waals surface area contributed by atoms with Gasteiger partial charge in [0.2, 0.25) is 0 Å². The molecule has 0 fully saturated rings. The number of rotatable bonds is 5. The summed E-state index contributed by atoms with van der Waals surface area (Å²) in [7, 11) is -4.31. The van der Waals surface area contributed by atoms with Crippen LogP contribution in [0.1, 0.15) is 0 Å². The first kappa shape index (κ1) is 10.0. The Bertz CT molecular complexity index is 124. The van der Waals surface area contributed by atoms with Gasteiger partial charge in [0.15, 0.2) is 0 Å². The molecule has 62 valence electrons. The molecule has 0 radical (unpaired) electrons. The van der Waals surface area contributed by atoms with E-state index in [4.69, 9.17) is 15.5 Å². The smallest absolute Gasteiger partial charge is 0.329 e. The first-order valence-electron chi connectivity index (χ1n) is 2.67. The monoisotopic (exact) mass is 170 g/mol. The van der Waals surface area contributed by atoms with Gasteiger partial charge in [0.05, 0.1) is 0 Å². The lowest BCUT2D eigenvalue weighted by Gasteiger charge is -2.04. The van der Waals surface area contributed by atoms with E-state index in [1.807, 2.05) is 0 Å². The first-order chi connectivity index (χ1) is 4.56. The van der Waals surface area contributed by atoms with Crippen molar-refractivity contribution in [2.45, 2.75) is 0 Å². The fraction of sp³-hybridized carbons (Fsp3) is 1.00. The van der Waals surface area contributed by atoms with Gasteiger partial charge >= 0.3 is 7.82 Å². The summed E-state index contributed by atoms with van der Waals surface area (Å²) in [5.74, 6) is 0. The molecule has 0 aliphatic heterocycles. The summed E-state index contributed by atoms with van der Waals surface area (Å²) in [6, 6.07) is 0. The molecule has 0 atom stereocenters. The lowest BCUT2D eigenvalue weighted by molar-refractivity contribution is 0.184. The maximum absolute atomic E-state index is 10.00. The molecule has 0 saturated carbocycles. The molecular formula is C3H11N2O4P. The normalized spacial score (nSPS) is 11.9. The number of phosphoric acid groups is 1. The highest BCUT2D eigenvalue weighted by atomic mass is 31.2. The van der Waals surface area contributed by atoms with Gasteiger partial charge in [-0.25, -0.2) is 4.57 Å². The van der Waals surface area contributed by atoms with Gasteiger partial charge in [0.1, 0.15) is 6.73 Å². The topological polar surface area (TPSA) is 105 Å². The second kappa shape index (κ2) is 4.79. The third kappa shape index (κ3) is 8.03. The van der Waals surface area contributed by atoms with Crippen molar-refractivity contribution in [3.05, 3.63) is 0 Å². The highest BCUT2D eigenvalue weighted by Crippen LogP contribution is 2.34. The predicted octanol–water partition coefficient (Wildman–Crippen LogP) is -1.40. The number of hydrogen-bond acceptors (Lipinski definition) is 4. The van der Waals surface area contributed by atoms with Crippen molar-refractivity contribution < 1.29 is 18.9 Å². The van der Waals surface area contributed by atoms with Crippen LogP contribution in [0.3, 0.4) is 0 Å². The van der Waals surface area contributed by atoms with E-state index in [1.165, 1.54) is 0 Å². The van der Waals surface area contributed by atoms with Crippen LogP contribution < -0.4 is 11.1 Å². The molecule has 0 aliphatic carbocycles. The van der Waals surface area contributed by atoms with E-state index in [0.29, 0.717) is 13.1 Å². The van der Waals surface area contributed by atoms with Gasteiger partial charge in [-0.05, 0) is 0 Å². The third-order valence-corrected chi connectivity index (χ3v) is 1.12. The molecule has 6 nitrogen and oxygen atoms in total. The van der Waals surface area contributed by atoms with Crippen LogP contribution in [0.2, 0.25) is 0 Å². The van der Waals surface area contributed by atoms with Crippen molar-refractivity contribution in [1.82, 2.24) is 5.32 Å². The van der Waals surface area contributed by atoms with Crippen molar-refractivity contribution in [2.75, 3.05) is 19.8 Å². The van der Waals surface area contributed by atoms with E-state index in [9.17, 15) is 4.57 Å². The summed E-state index contributed by atoms with van der Waals surface area (Å²) in [6.45, 7) is 0.700. The van der Waals surface area contributed by atoms with Gasteiger partial charge in [-0.1, -0.05) is 0 Å². The van der Waals surface area contributed by atoms with Crippen LogP contribution >= 0.6 is 7.82 Å². The molecule has 0 saturated heterocycles. The second-order valence-corrected chi connectivity index (χ2v) is 2.79. The zero-order valence-corrected chi connectivity index (χ0v) is 6.25. The van der Waals surface area contributed by atoms with Gasteiger partial charge in [0.25, 0.3) is 0 Å². The molecule has 10 heavy (non-hydrogen) atoms. The van der Waals surface area contributed by atoms with E-state index in [-0.39, 0.29) is 6.73 Å². The summed E-state index contributed by atoms with van der Waals surface area (Å²) in [5, 5.41) is 2.55. The quantitative estimate of drug-likeness (QED) is 0.230. The van der Waals surface area contributed by atoms with Crippen LogP contribution in [0.15, 0.2) is 0 Å². The zero-order valence-electron chi connectivity index (χ0n) is 5.36. The number of phosphoric ester groups is 1. The van der Waals surface area contributed by atoms with Crippen LogP contribution in [-0.2, 0) is 9.09 Å². The van der Waals surface area contributed by atoms with E-state index in [2.05, 4.69) is 9.84 Å². The Balaban J connectivity index is 3.13. The minimum absolute atomic E-state index is 0.179. The molecule has 0 spiro atoms. The van der Waals surface area contributed by atoms with Crippen LogP contribution in [0.25, 0.3) is 0 Å². The van der Waals surface area contributed by atoms with Crippen LogP contribution in [0, 0.1) is 0 Å². The van der Waals surface area contributed by atoms with Crippen LogP contribution in [-0.4, -0.2) is 29.6 Å². The van der Waals surface area contributed by atoms with Gasteiger partial charge in [-0.3, -0.25) is 9.84 Å². The Morgan fingerprint density at radius 3 is 2.60 bits per heavy atom. The van der Waals surface area contributed by atoms with Crippen LogP contribution in [0.5, 0.6) is 0 Å². The van der Waals surface area contributed by atoms with Crippen molar-refractivity contribution in [3.63, 3.8) is 0 Å². The molecule has 0 bridgehead atoms. The zero-order chi connectivity index (χ0) is 8.04. The Kier molecular flexibility index (Phi) is 4.80. The molecule has 0 aromatic carbocycles. The Morgan fingerprint density at radius 2 is 2.20 bits per heavy atom. The molecule has 0 heterocycles. The average Bonchev–Trinajstić information content (AvgIpc) is 1.78. The third-order valence-electron chi connectivity index (χ3n) is 0.656. The van der Waals surface area contributed by atoms with Crippen LogP contribution in [0.4, 0.5) is 0 Å². The summed E-state index contributed by atoms with van der Waals surface area (Å²) in [6.07, 6.45) is 0. The number of nitrogens with one attached hydrogen (secondary N) is 1. The van der Waals surface area contributed by atoms with Gasteiger partial charge < -0.3 is 15.5 Å². The van der Waals surface area contributed by atoms with Crippen molar-refractivity contribution in [1.29, 1.82) is 0 Å².